The molecule has 0 spiro atoms. The molecule has 1 fully saturated rings. The molecule has 7 nitrogen and oxygen atoms in total. The van der Waals surface area contributed by atoms with Crippen molar-refractivity contribution < 1.29 is 14.3 Å². The molecule has 156 valence electrons. The van der Waals surface area contributed by atoms with Crippen molar-refractivity contribution in [3.63, 3.8) is 0 Å². The molecule has 7 heteroatoms. The van der Waals surface area contributed by atoms with Gasteiger partial charge in [-0.2, -0.15) is 5.10 Å². The summed E-state index contributed by atoms with van der Waals surface area (Å²) in [5.74, 6) is -0.730. The van der Waals surface area contributed by atoms with Crippen LogP contribution in [-0.2, 0) is 20.9 Å². The van der Waals surface area contributed by atoms with Gasteiger partial charge in [-0.05, 0) is 51.4 Å². The zero-order valence-corrected chi connectivity index (χ0v) is 17.8. The molecule has 29 heavy (non-hydrogen) atoms. The lowest BCUT2D eigenvalue weighted by molar-refractivity contribution is -0.152. The summed E-state index contributed by atoms with van der Waals surface area (Å²) in [5.41, 5.74) is 2.25. The van der Waals surface area contributed by atoms with Gasteiger partial charge < -0.3 is 10.1 Å². The van der Waals surface area contributed by atoms with Crippen LogP contribution < -0.4 is 5.32 Å². The van der Waals surface area contributed by atoms with Crippen molar-refractivity contribution in [1.29, 1.82) is 0 Å². The van der Waals surface area contributed by atoms with Crippen molar-refractivity contribution >= 4 is 11.9 Å². The first-order chi connectivity index (χ1) is 13.8. The van der Waals surface area contributed by atoms with Gasteiger partial charge in [0.2, 0.25) is 5.91 Å². The van der Waals surface area contributed by atoms with Gasteiger partial charge in [-0.25, -0.2) is 0 Å². The predicted octanol–water partition coefficient (Wildman–Crippen LogP) is 2.24. The summed E-state index contributed by atoms with van der Waals surface area (Å²) in [6, 6.07) is 9.75. The maximum atomic E-state index is 13.2. The number of methoxy groups -OCH3 is 1. The molecule has 0 unspecified atom stereocenters. The number of nitrogens with one attached hydrogen (secondary N) is 1. The third-order valence-corrected chi connectivity index (χ3v) is 6.08. The third kappa shape index (κ3) is 4.05. The van der Waals surface area contributed by atoms with E-state index in [0.717, 1.165) is 16.8 Å². The lowest BCUT2D eigenvalue weighted by Gasteiger charge is -2.33. The number of amides is 1. The van der Waals surface area contributed by atoms with Crippen LogP contribution in [0.15, 0.2) is 36.5 Å². The fourth-order valence-corrected chi connectivity index (χ4v) is 4.30. The summed E-state index contributed by atoms with van der Waals surface area (Å²) in [7, 11) is 3.29. The largest absolute Gasteiger partial charge is 0.468 e. The Kier molecular flexibility index (Phi) is 6.07. The number of hydrogen-bond donors (Lipinski definition) is 1. The number of carbonyl (C=O) groups is 2. The highest BCUT2D eigenvalue weighted by Crippen LogP contribution is 2.47. The van der Waals surface area contributed by atoms with Crippen molar-refractivity contribution in [2.75, 3.05) is 20.7 Å². The number of aromatic nitrogens is 2. The Balaban J connectivity index is 1.82. The van der Waals surface area contributed by atoms with Crippen LogP contribution in [0.2, 0.25) is 0 Å². The van der Waals surface area contributed by atoms with Crippen molar-refractivity contribution in [2.45, 2.75) is 45.3 Å². The quantitative estimate of drug-likeness (QED) is 0.756. The molecule has 0 radical (unpaired) electrons. The number of nitrogens with zero attached hydrogens (tertiary/aromatic N) is 3. The average molecular weight is 399 g/mol. The van der Waals surface area contributed by atoms with Crippen LogP contribution in [0.3, 0.4) is 0 Å². The highest BCUT2D eigenvalue weighted by atomic mass is 16.5. The van der Waals surface area contributed by atoms with E-state index in [1.54, 1.807) is 0 Å². The molecule has 0 aliphatic carbocycles. The molecule has 1 aromatic carbocycles. The zero-order valence-electron chi connectivity index (χ0n) is 17.8. The number of likely N-dealkylation sites (N-methyl/N-ethyl adjacent to an activating group) is 1. The van der Waals surface area contributed by atoms with Crippen LogP contribution in [0, 0.1) is 19.8 Å². The van der Waals surface area contributed by atoms with E-state index in [0.29, 0.717) is 19.5 Å². The van der Waals surface area contributed by atoms with E-state index in [4.69, 9.17) is 4.74 Å². The van der Waals surface area contributed by atoms with Crippen molar-refractivity contribution in [2.24, 2.45) is 5.92 Å². The fourth-order valence-electron chi connectivity index (χ4n) is 4.30. The summed E-state index contributed by atoms with van der Waals surface area (Å²) in [5, 5.41) is 7.38. The highest BCUT2D eigenvalue weighted by Gasteiger charge is 2.55. The summed E-state index contributed by atoms with van der Waals surface area (Å²) in [4.78, 5) is 27.7. The van der Waals surface area contributed by atoms with E-state index in [1.165, 1.54) is 7.11 Å². The summed E-state index contributed by atoms with van der Waals surface area (Å²) in [6.07, 6.45) is 2.30. The average Bonchev–Trinajstić information content (AvgIpc) is 3.23. The van der Waals surface area contributed by atoms with Crippen LogP contribution >= 0.6 is 0 Å². The molecule has 1 N–H and O–H groups in total. The molecule has 0 bridgehead atoms. The van der Waals surface area contributed by atoms with Gasteiger partial charge in [0.05, 0.1) is 25.3 Å². The molecule has 1 saturated heterocycles. The molecule has 1 aliphatic rings. The number of carbonyl (C=O) groups excluding carboxylic acids is 2. The van der Waals surface area contributed by atoms with Gasteiger partial charge in [0, 0.05) is 18.8 Å². The number of aryl methyl sites for hydroxylation is 2. The maximum absolute atomic E-state index is 13.2. The molecule has 1 aliphatic heterocycles. The molecular formula is C22H30N4O3. The Labute approximate surface area is 172 Å². The predicted molar refractivity (Wildman–Crippen MR) is 110 cm³/mol. The molecule has 2 heterocycles. The zero-order chi connectivity index (χ0) is 21.2. The Morgan fingerprint density at radius 3 is 2.62 bits per heavy atom. The van der Waals surface area contributed by atoms with E-state index < -0.39 is 5.54 Å². The van der Waals surface area contributed by atoms with Crippen molar-refractivity contribution in [3.05, 3.63) is 53.3 Å². The van der Waals surface area contributed by atoms with E-state index in [9.17, 15) is 9.59 Å². The van der Waals surface area contributed by atoms with Gasteiger partial charge in [-0.15, -0.1) is 0 Å². The summed E-state index contributed by atoms with van der Waals surface area (Å²) >= 11 is 0. The fraction of sp³-hybridized carbons (Fsp3) is 0.500. The minimum absolute atomic E-state index is 0.0541. The second-order valence-corrected chi connectivity index (χ2v) is 8.00. The van der Waals surface area contributed by atoms with Gasteiger partial charge >= 0.3 is 5.97 Å². The topological polar surface area (TPSA) is 76.5 Å². The molecule has 1 amide bonds. The standard InChI is InChI=1S/C22H30N4O3/c1-15-8-6-7-9-17(15)19-18(14-22(3,25(19)4)21(28)29-5)20(27)23-11-13-26-12-10-16(2)24-26/h6-10,12,18-19H,11,13-14H2,1-5H3,(H,23,27)/t18-,19-,22-/m0/s1. The smallest absolute Gasteiger partial charge is 0.326 e. The van der Waals surface area contributed by atoms with Crippen LogP contribution in [0.5, 0.6) is 0 Å². The minimum atomic E-state index is -0.858. The maximum Gasteiger partial charge on any atom is 0.326 e. The number of hydrogen-bond acceptors (Lipinski definition) is 5. The Hall–Kier alpha value is -2.67. The van der Waals surface area contributed by atoms with E-state index in [1.807, 2.05) is 73.9 Å². The lowest BCUT2D eigenvalue weighted by atomic mass is 9.88. The molecule has 1 aromatic heterocycles. The van der Waals surface area contributed by atoms with Crippen LogP contribution in [0.25, 0.3) is 0 Å². The van der Waals surface area contributed by atoms with Crippen LogP contribution in [-0.4, -0.2) is 52.8 Å². The van der Waals surface area contributed by atoms with Gasteiger partial charge in [0.1, 0.15) is 5.54 Å². The second kappa shape index (κ2) is 8.37. The Morgan fingerprint density at radius 2 is 2.00 bits per heavy atom. The van der Waals surface area contributed by atoms with Gasteiger partial charge in [-0.3, -0.25) is 19.2 Å². The minimum Gasteiger partial charge on any atom is -0.468 e. The molecule has 3 rings (SSSR count). The number of likely N-dealkylation sites (tertiary alicyclic amines) is 1. The first kappa shape index (κ1) is 21.0. The third-order valence-electron chi connectivity index (χ3n) is 6.08. The number of rotatable bonds is 6. The van der Waals surface area contributed by atoms with Crippen LogP contribution in [0.1, 0.15) is 36.2 Å². The van der Waals surface area contributed by atoms with E-state index in [-0.39, 0.29) is 23.8 Å². The highest BCUT2D eigenvalue weighted by molar-refractivity contribution is 5.86. The monoisotopic (exact) mass is 398 g/mol. The first-order valence-electron chi connectivity index (χ1n) is 9.92. The van der Waals surface area contributed by atoms with Gasteiger partial charge in [0.25, 0.3) is 0 Å². The van der Waals surface area contributed by atoms with Gasteiger partial charge in [0.15, 0.2) is 0 Å². The Bertz CT molecular complexity index is 894. The SMILES string of the molecule is COC(=O)[C@]1(C)C[C@H](C(=O)NCCn2ccc(C)n2)[C@H](c2ccccc2C)N1C. The first-order valence-corrected chi connectivity index (χ1v) is 9.92. The van der Waals surface area contributed by atoms with E-state index >= 15 is 0 Å². The van der Waals surface area contributed by atoms with Gasteiger partial charge in [-0.1, -0.05) is 24.3 Å². The summed E-state index contributed by atoms with van der Waals surface area (Å²) < 4.78 is 6.88. The number of ether oxygens (including phenoxy) is 1. The molecule has 3 atom stereocenters. The second-order valence-electron chi connectivity index (χ2n) is 8.00. The number of esters is 1. The normalized spacial score (nSPS) is 24.4. The number of benzene rings is 1. The Morgan fingerprint density at radius 1 is 1.28 bits per heavy atom. The molecule has 2 aromatic rings. The van der Waals surface area contributed by atoms with Crippen LogP contribution in [0.4, 0.5) is 0 Å². The van der Waals surface area contributed by atoms with E-state index in [2.05, 4.69) is 10.4 Å². The van der Waals surface area contributed by atoms with Crippen molar-refractivity contribution in [1.82, 2.24) is 20.0 Å². The molecular weight excluding hydrogens is 368 g/mol. The lowest BCUT2D eigenvalue weighted by Crippen LogP contribution is -2.47. The van der Waals surface area contributed by atoms with Crippen molar-refractivity contribution in [3.8, 4) is 0 Å². The summed E-state index contributed by atoms with van der Waals surface area (Å²) in [6.45, 7) is 6.90. The molecule has 0 saturated carbocycles.